The number of allylic oxidation sites excluding steroid dienone is 2. The molecule has 0 fully saturated rings. The van der Waals surface area contributed by atoms with Crippen molar-refractivity contribution in [2.24, 2.45) is 0 Å². The van der Waals surface area contributed by atoms with Crippen LogP contribution in [-0.4, -0.2) is 25.7 Å². The van der Waals surface area contributed by atoms with E-state index in [0.717, 1.165) is 41.0 Å². The Morgan fingerprint density at radius 3 is 1.63 bits per heavy atom. The Hall–Kier alpha value is -8.05. The zero-order valence-electron chi connectivity index (χ0n) is 35.3. The van der Waals surface area contributed by atoms with Crippen LogP contribution in [0.1, 0.15) is 30.5 Å². The molecule has 0 amide bonds. The Labute approximate surface area is 377 Å². The molecule has 0 bridgehead atoms. The lowest BCUT2D eigenvalue weighted by atomic mass is 9.95. The van der Waals surface area contributed by atoms with Crippen molar-refractivity contribution in [2.75, 3.05) is 0 Å². The minimum absolute atomic E-state index is 0.0240. The number of halogens is 9. The molecular weight excluding hydrogens is 878 g/mol. The van der Waals surface area contributed by atoms with Crippen LogP contribution in [0.2, 0.25) is 0 Å². The highest BCUT2D eigenvalue weighted by Gasteiger charge is 2.38. The normalized spacial score (nSPS) is 12.2. The Kier molecular flexibility index (Phi) is 12.3. The van der Waals surface area contributed by atoms with Crippen LogP contribution in [0.15, 0.2) is 175 Å². The molecule has 0 saturated heterocycles. The van der Waals surface area contributed by atoms with Crippen molar-refractivity contribution in [1.29, 1.82) is 5.26 Å². The molecule has 334 valence electrons. The second kappa shape index (κ2) is 18.1. The first-order valence-electron chi connectivity index (χ1n) is 20.5. The molecule has 0 aliphatic heterocycles. The van der Waals surface area contributed by atoms with Crippen molar-refractivity contribution in [3.05, 3.63) is 192 Å². The van der Waals surface area contributed by atoms with E-state index in [2.05, 4.69) is 6.07 Å². The Morgan fingerprint density at radius 1 is 0.507 bits per heavy atom. The number of nitrogens with zero attached hydrogens (tertiary/aromatic N) is 5. The van der Waals surface area contributed by atoms with E-state index in [4.69, 9.17) is 15.0 Å². The molecule has 0 unspecified atom stereocenters. The van der Waals surface area contributed by atoms with Gasteiger partial charge in [0.15, 0.2) is 17.5 Å². The smallest absolute Gasteiger partial charge is 0.308 e. The van der Waals surface area contributed by atoms with Crippen LogP contribution in [0.3, 0.4) is 0 Å². The van der Waals surface area contributed by atoms with E-state index in [0.29, 0.717) is 56.7 Å². The number of aromatic nitrogens is 4. The van der Waals surface area contributed by atoms with Gasteiger partial charge in [0.2, 0.25) is 0 Å². The van der Waals surface area contributed by atoms with Gasteiger partial charge in [-0.25, -0.2) is 15.0 Å². The van der Waals surface area contributed by atoms with E-state index < -0.39 is 40.8 Å². The molecule has 9 rings (SSSR count). The standard InChI is InChI=1S/C48H27F6N5.C5H7F3/c49-47(50,51)34-21-23-36(40(27-34)48(52,53)54)32-19-22-38(46-57-44(29-11-3-1-4-12-29)56-45(58-46)30-13-5-2-6-14-30)43(26-32)59-41-18-10-9-17-37(41)39-25-31(20-24-42(39)59)35-16-8-7-15-33(35)28-55;1-3-4(2)5(6,7)8/h1-27H;3H,1-2H3/b;4-3+. The van der Waals surface area contributed by atoms with E-state index in [-0.39, 0.29) is 17.5 Å². The number of benzene rings is 7. The number of para-hydroxylation sites is 1. The molecular formula is C53H34F9N5. The lowest BCUT2D eigenvalue weighted by Gasteiger charge is -2.19. The van der Waals surface area contributed by atoms with Crippen molar-refractivity contribution in [1.82, 2.24) is 19.5 Å². The average Bonchev–Trinajstić information content (AvgIpc) is 3.66. The summed E-state index contributed by atoms with van der Waals surface area (Å²) in [7, 11) is 0. The van der Waals surface area contributed by atoms with Gasteiger partial charge in [0.25, 0.3) is 0 Å². The summed E-state index contributed by atoms with van der Waals surface area (Å²) in [6, 6.07) is 47.5. The molecule has 67 heavy (non-hydrogen) atoms. The number of fused-ring (bicyclic) bond motifs is 3. The van der Waals surface area contributed by atoms with E-state index in [1.807, 2.05) is 120 Å². The van der Waals surface area contributed by atoms with Gasteiger partial charge in [-0.15, -0.1) is 0 Å². The Bertz CT molecular complexity index is 3290. The average molecular weight is 912 g/mol. The highest BCUT2D eigenvalue weighted by atomic mass is 19.4. The fourth-order valence-electron chi connectivity index (χ4n) is 7.61. The van der Waals surface area contributed by atoms with Gasteiger partial charge in [-0.05, 0) is 84.6 Å². The van der Waals surface area contributed by atoms with E-state index in [1.54, 1.807) is 18.2 Å². The van der Waals surface area contributed by atoms with Crippen LogP contribution >= 0.6 is 0 Å². The van der Waals surface area contributed by atoms with E-state index in [1.165, 1.54) is 19.1 Å². The number of hydrogen-bond donors (Lipinski definition) is 0. The van der Waals surface area contributed by atoms with Crippen molar-refractivity contribution in [3.8, 4) is 68.2 Å². The first-order chi connectivity index (χ1) is 32.0. The number of hydrogen-bond acceptors (Lipinski definition) is 4. The summed E-state index contributed by atoms with van der Waals surface area (Å²) in [6.07, 6.45) is -13.2. The van der Waals surface area contributed by atoms with Crippen LogP contribution in [0, 0.1) is 11.3 Å². The first-order valence-corrected chi connectivity index (χ1v) is 20.5. The van der Waals surface area contributed by atoms with Crippen LogP contribution < -0.4 is 0 Å². The predicted octanol–water partition coefficient (Wildman–Crippen LogP) is 15.7. The summed E-state index contributed by atoms with van der Waals surface area (Å²) in [5, 5.41) is 11.5. The molecule has 7 aromatic carbocycles. The lowest BCUT2D eigenvalue weighted by molar-refractivity contribution is -0.142. The molecule has 9 aromatic rings. The van der Waals surface area contributed by atoms with Gasteiger partial charge in [0.1, 0.15) is 0 Å². The molecule has 0 saturated carbocycles. The van der Waals surface area contributed by atoms with Crippen LogP contribution in [0.4, 0.5) is 39.5 Å². The Balaban J connectivity index is 0.000000698. The highest BCUT2D eigenvalue weighted by Crippen LogP contribution is 2.44. The number of alkyl halides is 9. The third-order valence-corrected chi connectivity index (χ3v) is 11.1. The summed E-state index contributed by atoms with van der Waals surface area (Å²) in [5.41, 5.74) is 1.77. The third-order valence-electron chi connectivity index (χ3n) is 11.1. The summed E-state index contributed by atoms with van der Waals surface area (Å²) in [6.45, 7) is 2.41. The van der Waals surface area contributed by atoms with Crippen LogP contribution in [0.25, 0.3) is 83.9 Å². The molecule has 2 aromatic heterocycles. The van der Waals surface area contributed by atoms with Crippen molar-refractivity contribution in [3.63, 3.8) is 0 Å². The quantitative estimate of drug-likeness (QED) is 0.123. The summed E-state index contributed by atoms with van der Waals surface area (Å²) in [4.78, 5) is 14.7. The molecule has 5 nitrogen and oxygen atoms in total. The number of nitriles is 1. The monoisotopic (exact) mass is 911 g/mol. The van der Waals surface area contributed by atoms with Crippen molar-refractivity contribution >= 4 is 21.8 Å². The Morgan fingerprint density at radius 2 is 1.04 bits per heavy atom. The summed E-state index contributed by atoms with van der Waals surface area (Å²) in [5.74, 6) is 0.928. The molecule has 0 N–H and O–H groups in total. The largest absolute Gasteiger partial charge is 0.417 e. The molecule has 0 atom stereocenters. The summed E-state index contributed by atoms with van der Waals surface area (Å²) >= 11 is 0. The van der Waals surface area contributed by atoms with Gasteiger partial charge >= 0.3 is 18.5 Å². The predicted molar refractivity (Wildman–Crippen MR) is 242 cm³/mol. The minimum Gasteiger partial charge on any atom is -0.308 e. The molecule has 14 heteroatoms. The second-order valence-electron chi connectivity index (χ2n) is 15.2. The first kappa shape index (κ1) is 45.5. The third kappa shape index (κ3) is 9.40. The van der Waals surface area contributed by atoms with Crippen molar-refractivity contribution < 1.29 is 39.5 Å². The van der Waals surface area contributed by atoms with Gasteiger partial charge in [-0.2, -0.15) is 44.8 Å². The topological polar surface area (TPSA) is 67.4 Å². The maximum atomic E-state index is 14.7. The molecule has 0 spiro atoms. The van der Waals surface area contributed by atoms with Gasteiger partial charge in [-0.1, -0.05) is 121 Å². The number of rotatable bonds is 6. The van der Waals surface area contributed by atoms with E-state index in [9.17, 15) is 44.8 Å². The van der Waals surface area contributed by atoms with Crippen molar-refractivity contribution in [2.45, 2.75) is 32.4 Å². The van der Waals surface area contributed by atoms with Gasteiger partial charge in [-0.3, -0.25) is 0 Å². The van der Waals surface area contributed by atoms with E-state index >= 15 is 0 Å². The zero-order chi connectivity index (χ0) is 47.7. The molecule has 0 aliphatic rings. The lowest BCUT2D eigenvalue weighted by Crippen LogP contribution is -2.12. The summed E-state index contributed by atoms with van der Waals surface area (Å²) < 4.78 is 121. The fraction of sp³-hybridized carbons (Fsp3) is 0.0943. The zero-order valence-corrected chi connectivity index (χ0v) is 35.3. The maximum absolute atomic E-state index is 14.7. The molecule has 0 aliphatic carbocycles. The molecule has 0 radical (unpaired) electrons. The van der Waals surface area contributed by atoms with Gasteiger partial charge < -0.3 is 4.57 Å². The van der Waals surface area contributed by atoms with Gasteiger partial charge in [0, 0.05) is 33.0 Å². The minimum atomic E-state index is -5.11. The fourth-order valence-corrected chi connectivity index (χ4v) is 7.61. The van der Waals surface area contributed by atoms with Crippen LogP contribution in [-0.2, 0) is 12.4 Å². The highest BCUT2D eigenvalue weighted by molar-refractivity contribution is 6.11. The maximum Gasteiger partial charge on any atom is 0.417 e. The second-order valence-corrected chi connectivity index (χ2v) is 15.2. The van der Waals surface area contributed by atoms with Crippen LogP contribution in [0.5, 0.6) is 0 Å². The molecule has 2 heterocycles. The van der Waals surface area contributed by atoms with Gasteiger partial charge in [0.05, 0.1) is 39.5 Å². The SMILES string of the molecule is C/C=C(\C)C(F)(F)F.N#Cc1ccccc1-c1ccc2c(c1)c1ccccc1n2-c1cc(-c2ccc(C(F)(F)F)cc2C(F)(F)F)ccc1-c1nc(-c2ccccc2)nc(-c2ccccc2)n1.